The van der Waals surface area contributed by atoms with Crippen molar-refractivity contribution >= 4 is 109 Å². The average molecular weight is 1040 g/mol. The van der Waals surface area contributed by atoms with Gasteiger partial charge in [0.15, 0.2) is 11.6 Å². The summed E-state index contributed by atoms with van der Waals surface area (Å²) in [7, 11) is 0. The van der Waals surface area contributed by atoms with E-state index in [9.17, 15) is 28.0 Å². The van der Waals surface area contributed by atoms with Crippen molar-refractivity contribution in [1.29, 1.82) is 0 Å². The van der Waals surface area contributed by atoms with Gasteiger partial charge < -0.3 is 15.4 Å². The van der Waals surface area contributed by atoms with Gasteiger partial charge in [-0.1, -0.05) is 48.2 Å². The Hall–Kier alpha value is -4.16. The molecule has 2 N–H and O–H groups in total. The number of halogens is 5. The number of thiophene rings is 2. The van der Waals surface area contributed by atoms with Crippen LogP contribution in [0.1, 0.15) is 61.0 Å². The number of rotatable bonds is 11. The first-order chi connectivity index (χ1) is 30.8. The smallest absolute Gasteiger partial charge is 0.242 e. The molecule has 6 aromatic rings. The second-order valence-corrected chi connectivity index (χ2v) is 20.9. The first-order valence-electron chi connectivity index (χ1n) is 20.1. The number of benzene rings is 2. The largest absolute Gasteiger partial charge is 0.477 e. The second kappa shape index (κ2) is 20.1. The molecule has 2 aromatic carbocycles. The predicted octanol–water partition coefficient (Wildman–Crippen LogP) is 11.2. The van der Waals surface area contributed by atoms with Gasteiger partial charge in [0.25, 0.3) is 0 Å². The van der Waals surface area contributed by atoms with E-state index in [4.69, 9.17) is 32.9 Å². The van der Waals surface area contributed by atoms with Crippen LogP contribution in [0, 0.1) is 17.6 Å². The van der Waals surface area contributed by atoms with Gasteiger partial charge in [0.2, 0.25) is 17.7 Å². The molecule has 3 fully saturated rings. The van der Waals surface area contributed by atoms with Crippen LogP contribution in [-0.4, -0.2) is 50.5 Å². The summed E-state index contributed by atoms with van der Waals surface area (Å²) in [6.07, 6.45) is 4.89. The SMILES string of the molecule is O=C1CC(c2ccsc2)(c2cccc(Br)n2)NC(=O)C1Sc1ccc(F)cc1Cl.O=C1CC(c2ccsc2)(c2cccc(OCC3CCCC3)n2)NC(=O)C1Sc1ccc(F)cc1Cl. The molecule has 6 heterocycles. The number of piperidine rings is 2. The van der Waals surface area contributed by atoms with Crippen LogP contribution in [0.15, 0.2) is 121 Å². The van der Waals surface area contributed by atoms with Gasteiger partial charge in [0.05, 0.1) is 28.0 Å². The van der Waals surface area contributed by atoms with Gasteiger partial charge in [0.1, 0.15) is 37.8 Å². The lowest BCUT2D eigenvalue weighted by Gasteiger charge is -2.39. The molecule has 9 nitrogen and oxygen atoms in total. The molecule has 0 bridgehead atoms. The van der Waals surface area contributed by atoms with Crippen molar-refractivity contribution in [2.45, 2.75) is 69.9 Å². The van der Waals surface area contributed by atoms with Crippen LogP contribution in [0.3, 0.4) is 0 Å². The number of aromatic nitrogens is 2. The fourth-order valence-electron chi connectivity index (χ4n) is 8.00. The molecule has 18 heteroatoms. The fourth-order valence-corrected chi connectivity index (χ4v) is 12.3. The molecule has 2 amide bonds. The van der Waals surface area contributed by atoms with E-state index in [0.717, 1.165) is 40.7 Å². The van der Waals surface area contributed by atoms with Crippen LogP contribution in [0.4, 0.5) is 8.78 Å². The van der Waals surface area contributed by atoms with Crippen LogP contribution in [-0.2, 0) is 30.3 Å². The standard InChI is InChI=1S/C26H24ClFN2O3S2.C20H13BrClFN2O2S2/c27-19-12-18(28)8-9-21(19)35-24-20(31)13-26(30-25(24)32,17-10-11-34-15-17)22-6-3-7-23(29-22)33-14-16-4-1-2-5-16;21-17-3-1-2-16(24-17)20(11-6-7-28-10-11)9-14(26)18(19(27)25-20)29-15-5-4-12(23)8-13(15)22/h3,6-12,15-16,24H,1-2,4-5,13-14H2,(H,30,32);1-8,10,18H,9H2,(H,25,27). The van der Waals surface area contributed by atoms with Gasteiger partial charge >= 0.3 is 0 Å². The van der Waals surface area contributed by atoms with E-state index >= 15 is 0 Å². The number of thioether (sulfide) groups is 2. The van der Waals surface area contributed by atoms with Crippen molar-refractivity contribution < 1.29 is 32.7 Å². The average Bonchev–Trinajstić information content (AvgIpc) is 4.10. The van der Waals surface area contributed by atoms with E-state index in [0.29, 0.717) is 44.2 Å². The first kappa shape index (κ1) is 46.4. The zero-order chi connectivity index (χ0) is 45.0. The van der Waals surface area contributed by atoms with E-state index in [1.165, 1.54) is 78.7 Å². The second-order valence-electron chi connectivity index (χ2n) is 15.4. The van der Waals surface area contributed by atoms with E-state index in [-0.39, 0.29) is 34.5 Å². The number of amides is 2. The number of hydrogen-bond acceptors (Lipinski definition) is 11. The molecule has 4 unspecified atom stereocenters. The van der Waals surface area contributed by atoms with Crippen molar-refractivity contribution in [3.8, 4) is 5.88 Å². The minimum Gasteiger partial charge on any atom is -0.477 e. The maximum absolute atomic E-state index is 13.4. The number of ether oxygens (including phenoxy) is 1. The third-order valence-corrected chi connectivity index (χ3v) is 16.5. The van der Waals surface area contributed by atoms with Gasteiger partial charge in [-0.25, -0.2) is 18.7 Å². The lowest BCUT2D eigenvalue weighted by atomic mass is 9.79. The van der Waals surface area contributed by atoms with Gasteiger partial charge in [-0.05, 0) is 134 Å². The number of carbonyl (C=O) groups excluding carboxylic acids is 4. The van der Waals surface area contributed by atoms with E-state index in [2.05, 4.69) is 31.5 Å². The van der Waals surface area contributed by atoms with Crippen molar-refractivity contribution in [2.75, 3.05) is 6.61 Å². The number of carbonyl (C=O) groups is 4. The lowest BCUT2D eigenvalue weighted by molar-refractivity contribution is -0.134. The fraction of sp³-hybridized carbons (Fsp3) is 0.261. The highest BCUT2D eigenvalue weighted by atomic mass is 79.9. The summed E-state index contributed by atoms with van der Waals surface area (Å²) in [4.78, 5) is 63.1. The molecule has 64 heavy (non-hydrogen) atoms. The Labute approximate surface area is 402 Å². The molecule has 2 saturated heterocycles. The molecule has 3 aliphatic rings. The van der Waals surface area contributed by atoms with Crippen LogP contribution in [0.2, 0.25) is 10.0 Å². The van der Waals surface area contributed by atoms with Gasteiger partial charge in [-0.3, -0.25) is 19.2 Å². The highest BCUT2D eigenvalue weighted by Gasteiger charge is 2.50. The summed E-state index contributed by atoms with van der Waals surface area (Å²) in [6.45, 7) is 0.615. The topological polar surface area (TPSA) is 127 Å². The Morgan fingerprint density at radius 3 is 1.66 bits per heavy atom. The minimum atomic E-state index is -1.09. The summed E-state index contributed by atoms with van der Waals surface area (Å²) < 4.78 is 33.4. The summed E-state index contributed by atoms with van der Waals surface area (Å²) in [5.41, 5.74) is 0.609. The molecular formula is C46H37BrCl2F2N4O5S4. The van der Waals surface area contributed by atoms with Crippen molar-refractivity contribution in [3.05, 3.63) is 155 Å². The quantitative estimate of drug-likeness (QED) is 0.0963. The Kier molecular flexibility index (Phi) is 14.6. The van der Waals surface area contributed by atoms with E-state index in [1.807, 2.05) is 51.9 Å². The number of hydrogen-bond donors (Lipinski definition) is 2. The molecule has 4 aromatic heterocycles. The number of nitrogens with zero attached hydrogens (tertiary/aromatic N) is 2. The molecule has 9 rings (SSSR count). The molecule has 0 radical (unpaired) electrons. The molecule has 2 aliphatic heterocycles. The summed E-state index contributed by atoms with van der Waals surface area (Å²) in [5, 5.41) is 12.1. The molecule has 1 saturated carbocycles. The van der Waals surface area contributed by atoms with Crippen LogP contribution < -0.4 is 15.4 Å². The molecule has 330 valence electrons. The van der Waals surface area contributed by atoms with Crippen molar-refractivity contribution in [1.82, 2.24) is 20.6 Å². The zero-order valence-electron chi connectivity index (χ0n) is 33.5. The van der Waals surface area contributed by atoms with Crippen LogP contribution in [0.5, 0.6) is 5.88 Å². The van der Waals surface area contributed by atoms with Gasteiger partial charge in [-0.2, -0.15) is 22.7 Å². The highest BCUT2D eigenvalue weighted by molar-refractivity contribution is 9.10. The van der Waals surface area contributed by atoms with E-state index in [1.54, 1.807) is 18.2 Å². The third kappa shape index (κ3) is 10.1. The van der Waals surface area contributed by atoms with Crippen LogP contribution in [0.25, 0.3) is 0 Å². The molecule has 4 atom stereocenters. The van der Waals surface area contributed by atoms with E-state index < -0.39 is 45.0 Å². The maximum atomic E-state index is 13.4. The predicted molar refractivity (Wildman–Crippen MR) is 251 cm³/mol. The number of pyridine rings is 2. The van der Waals surface area contributed by atoms with Gasteiger partial charge in [-0.15, -0.1) is 23.5 Å². The Morgan fingerprint density at radius 1 is 0.703 bits per heavy atom. The summed E-state index contributed by atoms with van der Waals surface area (Å²) in [6, 6.07) is 22.4. The minimum absolute atomic E-state index is 0.0328. The zero-order valence-corrected chi connectivity index (χ0v) is 39.9. The highest BCUT2D eigenvalue weighted by Crippen LogP contribution is 2.43. The lowest BCUT2D eigenvalue weighted by Crippen LogP contribution is -2.58. The molecule has 1 aliphatic carbocycles. The molecule has 0 spiro atoms. The maximum Gasteiger partial charge on any atom is 0.242 e. The monoisotopic (exact) mass is 1040 g/mol. The van der Waals surface area contributed by atoms with Crippen LogP contribution >= 0.6 is 85.3 Å². The Balaban J connectivity index is 0.000000178. The first-order valence-corrected chi connectivity index (χ1v) is 25.2. The normalized spacial score (nSPS) is 22.4. The van der Waals surface area contributed by atoms with Crippen molar-refractivity contribution in [3.63, 3.8) is 0 Å². The number of ketones is 2. The summed E-state index contributed by atoms with van der Waals surface area (Å²) in [5.74, 6) is -1.28. The Morgan fingerprint density at radius 2 is 1.20 bits per heavy atom. The number of Topliss-reactive ketones (excluding diaryl/α,β-unsaturated/α-hetero) is 2. The molecular weight excluding hydrogens is 1010 g/mol. The number of nitrogens with one attached hydrogen (secondary N) is 2. The van der Waals surface area contributed by atoms with Gasteiger partial charge in [0, 0.05) is 28.7 Å². The van der Waals surface area contributed by atoms with Crippen molar-refractivity contribution in [2.24, 2.45) is 5.92 Å². The summed E-state index contributed by atoms with van der Waals surface area (Å²) >= 11 is 20.6. The third-order valence-electron chi connectivity index (χ3n) is 11.2. The Bertz CT molecular complexity index is 2650.